The van der Waals surface area contributed by atoms with Crippen LogP contribution in [-0.4, -0.2) is 41.0 Å². The van der Waals surface area contributed by atoms with Gasteiger partial charge in [0.25, 0.3) is 0 Å². The van der Waals surface area contributed by atoms with Crippen LogP contribution in [0.15, 0.2) is 24.3 Å². The van der Waals surface area contributed by atoms with Crippen molar-refractivity contribution >= 4 is 17.5 Å². The molecule has 5 heteroatoms. The van der Waals surface area contributed by atoms with Crippen LogP contribution in [0, 0.1) is 0 Å². The number of hydrogen-bond acceptors (Lipinski definition) is 3. The fourth-order valence-corrected chi connectivity index (χ4v) is 2.55. The summed E-state index contributed by atoms with van der Waals surface area (Å²) < 4.78 is 5.09. The zero-order chi connectivity index (χ0) is 13.3. The minimum Gasteiger partial charge on any atom is -0.497 e. The summed E-state index contributed by atoms with van der Waals surface area (Å²) >= 11 is 6.05. The van der Waals surface area contributed by atoms with Crippen molar-refractivity contribution in [3.8, 4) is 5.75 Å². The molecule has 4 nitrogen and oxygen atoms in total. The first-order valence-corrected chi connectivity index (χ1v) is 6.25. The van der Waals surface area contributed by atoms with Gasteiger partial charge in [0.15, 0.2) is 0 Å². The van der Waals surface area contributed by atoms with E-state index in [9.17, 15) is 9.90 Å². The fourth-order valence-electron chi connectivity index (χ4n) is 2.14. The third-order valence-corrected chi connectivity index (χ3v) is 3.48. The predicted molar refractivity (Wildman–Crippen MR) is 68.8 cm³/mol. The van der Waals surface area contributed by atoms with E-state index in [0.717, 1.165) is 11.3 Å². The van der Waals surface area contributed by atoms with Gasteiger partial charge >= 0.3 is 0 Å². The Balaban J connectivity index is 2.17. The minimum atomic E-state index is -0.557. The number of amides is 1. The molecular formula is C13H16ClNO3. The highest BCUT2D eigenvalue weighted by Crippen LogP contribution is 2.38. The summed E-state index contributed by atoms with van der Waals surface area (Å²) in [7, 11) is 1.60. The van der Waals surface area contributed by atoms with Crippen molar-refractivity contribution in [1.29, 1.82) is 0 Å². The second-order valence-corrected chi connectivity index (χ2v) is 4.93. The van der Waals surface area contributed by atoms with Crippen molar-refractivity contribution in [1.82, 2.24) is 4.90 Å². The number of benzene rings is 1. The van der Waals surface area contributed by atoms with E-state index in [1.807, 2.05) is 24.3 Å². The Morgan fingerprint density at radius 3 is 2.56 bits per heavy atom. The van der Waals surface area contributed by atoms with Crippen molar-refractivity contribution in [3.63, 3.8) is 0 Å². The lowest BCUT2D eigenvalue weighted by Crippen LogP contribution is -2.57. The second kappa shape index (κ2) is 5.16. The second-order valence-electron chi connectivity index (χ2n) is 4.46. The van der Waals surface area contributed by atoms with Gasteiger partial charge in [-0.3, -0.25) is 4.79 Å². The lowest BCUT2D eigenvalue weighted by Gasteiger charge is -2.45. The van der Waals surface area contributed by atoms with Crippen LogP contribution >= 0.6 is 11.6 Å². The molecule has 98 valence electrons. The highest BCUT2D eigenvalue weighted by Gasteiger charge is 2.47. The van der Waals surface area contributed by atoms with Crippen molar-refractivity contribution in [2.45, 2.75) is 24.4 Å². The molecule has 1 fully saturated rings. The molecule has 3 atom stereocenters. The molecule has 0 radical (unpaired) electrons. The number of rotatable bonds is 4. The molecule has 1 aliphatic rings. The Morgan fingerprint density at radius 1 is 1.44 bits per heavy atom. The predicted octanol–water partition coefficient (Wildman–Crippen LogP) is 1.57. The quantitative estimate of drug-likeness (QED) is 0.667. The minimum absolute atomic E-state index is 0.126. The zero-order valence-electron chi connectivity index (χ0n) is 10.3. The molecule has 1 aromatic carbocycles. The molecule has 0 aromatic heterocycles. The van der Waals surface area contributed by atoms with Gasteiger partial charge in [-0.25, -0.2) is 0 Å². The average Bonchev–Trinajstić information content (AvgIpc) is 2.38. The van der Waals surface area contributed by atoms with E-state index in [2.05, 4.69) is 0 Å². The number of aliphatic hydroxyl groups excluding tert-OH is 1. The van der Waals surface area contributed by atoms with Gasteiger partial charge in [0.05, 0.1) is 19.3 Å². The number of ether oxygens (including phenoxy) is 1. The summed E-state index contributed by atoms with van der Waals surface area (Å²) in [4.78, 5) is 13.3. The molecule has 1 aromatic rings. The topological polar surface area (TPSA) is 49.8 Å². The number of methoxy groups -OCH3 is 1. The normalized spacial score (nSPS) is 24.7. The number of aliphatic hydroxyl groups is 1. The molecule has 1 unspecified atom stereocenters. The highest BCUT2D eigenvalue weighted by molar-refractivity contribution is 6.33. The van der Waals surface area contributed by atoms with Crippen LogP contribution in [0.4, 0.5) is 0 Å². The summed E-state index contributed by atoms with van der Waals surface area (Å²) in [6.07, 6.45) is -0.557. The number of carbonyl (C=O) groups is 1. The van der Waals surface area contributed by atoms with Gasteiger partial charge in [-0.15, -0.1) is 11.6 Å². The van der Waals surface area contributed by atoms with Gasteiger partial charge < -0.3 is 14.7 Å². The standard InChI is InChI=1S/C13H16ClNO3/c1-8(16)7-15-12(11(14)13(15)17)9-3-5-10(18-2)6-4-9/h3-6,8,11-12,16H,7H2,1-2H3/t8?,11-,12+/m0/s1. The van der Waals surface area contributed by atoms with E-state index in [1.54, 1.807) is 18.9 Å². The number of carbonyl (C=O) groups excluding carboxylic acids is 1. The van der Waals surface area contributed by atoms with Crippen LogP contribution in [-0.2, 0) is 4.79 Å². The largest absolute Gasteiger partial charge is 0.497 e. The Labute approximate surface area is 111 Å². The maximum absolute atomic E-state index is 11.7. The maximum Gasteiger partial charge on any atom is 0.243 e. The van der Waals surface area contributed by atoms with E-state index in [1.165, 1.54) is 0 Å². The van der Waals surface area contributed by atoms with Gasteiger partial charge in [0.1, 0.15) is 11.1 Å². The first kappa shape index (κ1) is 13.2. The Bertz CT molecular complexity index is 432. The molecule has 18 heavy (non-hydrogen) atoms. The summed E-state index contributed by atoms with van der Waals surface area (Å²) in [5.41, 5.74) is 0.955. The molecule has 1 aliphatic heterocycles. The lowest BCUT2D eigenvalue weighted by molar-refractivity contribution is -0.147. The van der Waals surface area contributed by atoms with E-state index in [-0.39, 0.29) is 11.9 Å². The molecule has 1 amide bonds. The zero-order valence-corrected chi connectivity index (χ0v) is 11.1. The molecule has 2 rings (SSSR count). The average molecular weight is 270 g/mol. The van der Waals surface area contributed by atoms with Gasteiger partial charge in [0, 0.05) is 6.54 Å². The van der Waals surface area contributed by atoms with E-state index in [0.29, 0.717) is 6.54 Å². The Kier molecular flexibility index (Phi) is 3.78. The number of hydrogen-bond donors (Lipinski definition) is 1. The van der Waals surface area contributed by atoms with Gasteiger partial charge in [-0.05, 0) is 24.6 Å². The van der Waals surface area contributed by atoms with Gasteiger partial charge in [0.2, 0.25) is 5.91 Å². The summed E-state index contributed by atoms with van der Waals surface area (Å²) in [5, 5.41) is 8.84. The van der Waals surface area contributed by atoms with Crippen LogP contribution in [0.3, 0.4) is 0 Å². The number of β-lactam (4-membered cyclic amide) rings is 1. The molecule has 1 saturated heterocycles. The molecule has 0 saturated carbocycles. The summed E-state index contributed by atoms with van der Waals surface area (Å²) in [6, 6.07) is 7.28. The SMILES string of the molecule is COc1ccc([C@@H]2[C@H](Cl)C(=O)N2CC(C)O)cc1. The lowest BCUT2D eigenvalue weighted by atomic mass is 9.93. The first-order valence-electron chi connectivity index (χ1n) is 5.81. The van der Waals surface area contributed by atoms with E-state index < -0.39 is 11.5 Å². The van der Waals surface area contributed by atoms with Crippen LogP contribution in [0.2, 0.25) is 0 Å². The van der Waals surface area contributed by atoms with Crippen LogP contribution < -0.4 is 4.74 Å². The van der Waals surface area contributed by atoms with Crippen LogP contribution in [0.25, 0.3) is 0 Å². The molecular weight excluding hydrogens is 254 g/mol. The van der Waals surface area contributed by atoms with Crippen LogP contribution in [0.1, 0.15) is 18.5 Å². The summed E-state index contributed by atoms with van der Waals surface area (Å²) in [5.74, 6) is 0.635. The van der Waals surface area contributed by atoms with Crippen molar-refractivity contribution in [2.24, 2.45) is 0 Å². The molecule has 1 N–H and O–H groups in total. The van der Waals surface area contributed by atoms with Gasteiger partial charge in [-0.2, -0.15) is 0 Å². The summed E-state index contributed by atoms with van der Waals surface area (Å²) in [6.45, 7) is 1.96. The van der Waals surface area contributed by atoms with Crippen molar-refractivity contribution in [2.75, 3.05) is 13.7 Å². The maximum atomic E-state index is 11.7. The number of halogens is 1. The molecule has 0 aliphatic carbocycles. The smallest absolute Gasteiger partial charge is 0.243 e. The highest BCUT2D eigenvalue weighted by atomic mass is 35.5. The molecule has 0 spiro atoms. The molecule has 1 heterocycles. The molecule has 0 bridgehead atoms. The monoisotopic (exact) mass is 269 g/mol. The first-order chi connectivity index (χ1) is 8.54. The van der Waals surface area contributed by atoms with E-state index in [4.69, 9.17) is 16.3 Å². The fraction of sp³-hybridized carbons (Fsp3) is 0.462. The third kappa shape index (κ3) is 2.31. The number of likely N-dealkylation sites (tertiary alicyclic amines) is 1. The number of alkyl halides is 1. The number of nitrogens with zero attached hydrogens (tertiary/aromatic N) is 1. The Hall–Kier alpha value is -1.26. The number of β-amino-alcohol motifs (C(OH)–C–C–N with tert-alkyl or cyclic N) is 1. The van der Waals surface area contributed by atoms with Crippen molar-refractivity contribution in [3.05, 3.63) is 29.8 Å². The Morgan fingerprint density at radius 2 is 2.06 bits per heavy atom. The van der Waals surface area contributed by atoms with E-state index >= 15 is 0 Å². The third-order valence-electron chi connectivity index (χ3n) is 3.05. The van der Waals surface area contributed by atoms with Crippen LogP contribution in [0.5, 0.6) is 5.75 Å². The van der Waals surface area contributed by atoms with Gasteiger partial charge in [-0.1, -0.05) is 12.1 Å². The van der Waals surface area contributed by atoms with Crippen molar-refractivity contribution < 1.29 is 14.6 Å².